The third-order valence-corrected chi connectivity index (χ3v) is 2.33. The van der Waals surface area contributed by atoms with Gasteiger partial charge in [-0.1, -0.05) is 0 Å². The number of hydrogen-bond donors (Lipinski definition) is 1. The Kier molecular flexibility index (Phi) is 3.14. The van der Waals surface area contributed by atoms with Crippen molar-refractivity contribution in [1.82, 2.24) is 9.97 Å². The van der Waals surface area contributed by atoms with Crippen LogP contribution in [0.15, 0.2) is 36.7 Å². The second kappa shape index (κ2) is 4.74. The van der Waals surface area contributed by atoms with E-state index in [-0.39, 0.29) is 5.91 Å². The molecule has 0 aliphatic carbocycles. The molecule has 4 nitrogen and oxygen atoms in total. The van der Waals surface area contributed by atoms with Gasteiger partial charge in [0.2, 0.25) is 0 Å². The lowest BCUT2D eigenvalue weighted by molar-refractivity contribution is 0.102. The average molecular weight is 227 g/mol. The van der Waals surface area contributed by atoms with Gasteiger partial charge in [-0.3, -0.25) is 9.78 Å². The molecule has 0 radical (unpaired) electrons. The van der Waals surface area contributed by atoms with E-state index in [2.05, 4.69) is 15.3 Å². The molecule has 2 aromatic heterocycles. The Balaban J connectivity index is 2.14. The summed E-state index contributed by atoms with van der Waals surface area (Å²) in [5.74, 6) is 0.353. The standard InChI is InChI=1S/C13H13N3O/c1-9-5-6-14-12(7-9)16-13(17)11-4-3-10(2)15-8-11/h3-8H,1-2H3,(H,14,16,17). The lowest BCUT2D eigenvalue weighted by Crippen LogP contribution is -2.13. The van der Waals surface area contributed by atoms with Gasteiger partial charge in [-0.05, 0) is 43.7 Å². The van der Waals surface area contributed by atoms with E-state index in [4.69, 9.17) is 0 Å². The molecule has 86 valence electrons. The summed E-state index contributed by atoms with van der Waals surface area (Å²) in [4.78, 5) is 20.0. The molecule has 0 bridgehead atoms. The van der Waals surface area contributed by atoms with Crippen LogP contribution in [-0.4, -0.2) is 15.9 Å². The molecule has 0 spiro atoms. The van der Waals surface area contributed by atoms with Crippen molar-refractivity contribution in [3.63, 3.8) is 0 Å². The molecule has 0 fully saturated rings. The molecule has 0 aliphatic heterocycles. The Bertz CT molecular complexity index is 535. The minimum Gasteiger partial charge on any atom is -0.307 e. The maximum atomic E-state index is 11.8. The van der Waals surface area contributed by atoms with Crippen LogP contribution < -0.4 is 5.32 Å². The lowest BCUT2D eigenvalue weighted by Gasteiger charge is -2.04. The van der Waals surface area contributed by atoms with Crippen LogP contribution in [0.2, 0.25) is 0 Å². The first kappa shape index (κ1) is 11.3. The molecule has 2 aromatic rings. The molecule has 17 heavy (non-hydrogen) atoms. The number of carbonyl (C=O) groups excluding carboxylic acids is 1. The van der Waals surface area contributed by atoms with Crippen LogP contribution in [0.4, 0.5) is 5.82 Å². The van der Waals surface area contributed by atoms with E-state index < -0.39 is 0 Å². The van der Waals surface area contributed by atoms with Gasteiger partial charge in [0.15, 0.2) is 0 Å². The van der Waals surface area contributed by atoms with Gasteiger partial charge in [0.05, 0.1) is 5.56 Å². The van der Waals surface area contributed by atoms with E-state index in [1.165, 1.54) is 0 Å². The number of aromatic nitrogens is 2. The molecule has 0 saturated carbocycles. The summed E-state index contributed by atoms with van der Waals surface area (Å²) in [6, 6.07) is 7.24. The van der Waals surface area contributed by atoms with Crippen LogP contribution in [0.1, 0.15) is 21.6 Å². The van der Waals surface area contributed by atoms with Crippen molar-refractivity contribution in [2.24, 2.45) is 0 Å². The summed E-state index contributed by atoms with van der Waals surface area (Å²) in [5.41, 5.74) is 2.46. The number of nitrogens with zero attached hydrogens (tertiary/aromatic N) is 2. The number of rotatable bonds is 2. The number of hydrogen-bond acceptors (Lipinski definition) is 3. The van der Waals surface area contributed by atoms with Gasteiger partial charge in [0.1, 0.15) is 5.82 Å². The van der Waals surface area contributed by atoms with Gasteiger partial charge in [-0.25, -0.2) is 4.98 Å². The maximum Gasteiger partial charge on any atom is 0.258 e. The van der Waals surface area contributed by atoms with Crippen LogP contribution in [0.3, 0.4) is 0 Å². The summed E-state index contributed by atoms with van der Waals surface area (Å²) in [5, 5.41) is 2.73. The van der Waals surface area contributed by atoms with Gasteiger partial charge in [0, 0.05) is 18.1 Å². The Hall–Kier alpha value is -2.23. The first-order valence-electron chi connectivity index (χ1n) is 5.32. The quantitative estimate of drug-likeness (QED) is 0.856. The molecule has 0 atom stereocenters. The molecule has 0 aromatic carbocycles. The summed E-state index contributed by atoms with van der Waals surface area (Å²) in [7, 11) is 0. The number of anilines is 1. The molecule has 4 heteroatoms. The highest BCUT2D eigenvalue weighted by atomic mass is 16.1. The summed E-state index contributed by atoms with van der Waals surface area (Å²) >= 11 is 0. The predicted octanol–water partition coefficient (Wildman–Crippen LogP) is 2.35. The predicted molar refractivity (Wildman–Crippen MR) is 65.9 cm³/mol. The Morgan fingerprint density at radius 1 is 1.18 bits per heavy atom. The maximum absolute atomic E-state index is 11.8. The topological polar surface area (TPSA) is 54.9 Å². The van der Waals surface area contributed by atoms with E-state index >= 15 is 0 Å². The van der Waals surface area contributed by atoms with E-state index in [0.29, 0.717) is 11.4 Å². The van der Waals surface area contributed by atoms with Crippen molar-refractivity contribution >= 4 is 11.7 Å². The molecule has 0 saturated heterocycles. The van der Waals surface area contributed by atoms with Crippen molar-refractivity contribution < 1.29 is 4.79 Å². The average Bonchev–Trinajstić information content (AvgIpc) is 2.29. The van der Waals surface area contributed by atoms with Crippen molar-refractivity contribution in [2.45, 2.75) is 13.8 Å². The number of pyridine rings is 2. The van der Waals surface area contributed by atoms with E-state index in [1.807, 2.05) is 26.0 Å². The Labute approximate surface area is 99.7 Å². The molecule has 1 amide bonds. The smallest absolute Gasteiger partial charge is 0.258 e. The highest BCUT2D eigenvalue weighted by Gasteiger charge is 2.06. The van der Waals surface area contributed by atoms with Crippen LogP contribution in [-0.2, 0) is 0 Å². The molecule has 0 aliphatic rings. The second-order valence-corrected chi connectivity index (χ2v) is 3.86. The number of nitrogens with one attached hydrogen (secondary N) is 1. The number of carbonyl (C=O) groups is 1. The van der Waals surface area contributed by atoms with E-state index in [1.54, 1.807) is 24.5 Å². The van der Waals surface area contributed by atoms with Gasteiger partial charge in [-0.2, -0.15) is 0 Å². The molecular formula is C13H13N3O. The van der Waals surface area contributed by atoms with Crippen molar-refractivity contribution in [2.75, 3.05) is 5.32 Å². The third-order valence-electron chi connectivity index (χ3n) is 2.33. The summed E-state index contributed by atoms with van der Waals surface area (Å²) < 4.78 is 0. The highest BCUT2D eigenvalue weighted by molar-refractivity contribution is 6.03. The fourth-order valence-corrected chi connectivity index (χ4v) is 1.40. The fourth-order valence-electron chi connectivity index (χ4n) is 1.40. The zero-order chi connectivity index (χ0) is 12.3. The molecular weight excluding hydrogens is 214 g/mol. The van der Waals surface area contributed by atoms with Crippen LogP contribution >= 0.6 is 0 Å². The normalized spacial score (nSPS) is 10.0. The molecule has 0 unspecified atom stereocenters. The van der Waals surface area contributed by atoms with Crippen LogP contribution in [0.5, 0.6) is 0 Å². The number of amides is 1. The number of aryl methyl sites for hydroxylation is 2. The van der Waals surface area contributed by atoms with Crippen molar-refractivity contribution in [3.8, 4) is 0 Å². The third kappa shape index (κ3) is 2.87. The summed E-state index contributed by atoms with van der Waals surface area (Å²) in [6.45, 7) is 3.83. The van der Waals surface area contributed by atoms with Gasteiger partial charge < -0.3 is 5.32 Å². The van der Waals surface area contributed by atoms with Crippen molar-refractivity contribution in [1.29, 1.82) is 0 Å². The first-order chi connectivity index (χ1) is 8.15. The molecule has 2 heterocycles. The first-order valence-corrected chi connectivity index (χ1v) is 5.32. The Morgan fingerprint density at radius 3 is 2.65 bits per heavy atom. The second-order valence-electron chi connectivity index (χ2n) is 3.86. The minimum atomic E-state index is -0.199. The largest absolute Gasteiger partial charge is 0.307 e. The molecule has 2 rings (SSSR count). The van der Waals surface area contributed by atoms with Crippen LogP contribution in [0.25, 0.3) is 0 Å². The van der Waals surface area contributed by atoms with Gasteiger partial charge in [0.25, 0.3) is 5.91 Å². The van der Waals surface area contributed by atoms with Gasteiger partial charge in [-0.15, -0.1) is 0 Å². The Morgan fingerprint density at radius 2 is 2.00 bits per heavy atom. The van der Waals surface area contributed by atoms with Gasteiger partial charge >= 0.3 is 0 Å². The summed E-state index contributed by atoms with van der Waals surface area (Å²) in [6.07, 6.45) is 3.22. The van der Waals surface area contributed by atoms with E-state index in [0.717, 1.165) is 11.3 Å². The monoisotopic (exact) mass is 227 g/mol. The lowest BCUT2D eigenvalue weighted by atomic mass is 10.2. The SMILES string of the molecule is Cc1ccnc(NC(=O)c2ccc(C)nc2)c1. The molecule has 1 N–H and O–H groups in total. The highest BCUT2D eigenvalue weighted by Crippen LogP contribution is 2.08. The zero-order valence-electron chi connectivity index (χ0n) is 9.77. The zero-order valence-corrected chi connectivity index (χ0v) is 9.77. The minimum absolute atomic E-state index is 0.199. The fraction of sp³-hybridized carbons (Fsp3) is 0.154. The van der Waals surface area contributed by atoms with Crippen molar-refractivity contribution in [3.05, 3.63) is 53.5 Å². The van der Waals surface area contributed by atoms with Crippen LogP contribution in [0, 0.1) is 13.8 Å². The van der Waals surface area contributed by atoms with E-state index in [9.17, 15) is 4.79 Å².